The first-order valence-corrected chi connectivity index (χ1v) is 7.34. The lowest BCUT2D eigenvalue weighted by molar-refractivity contribution is 0.391. The van der Waals surface area contributed by atoms with E-state index in [4.69, 9.17) is 5.84 Å². The van der Waals surface area contributed by atoms with Gasteiger partial charge >= 0.3 is 0 Å². The van der Waals surface area contributed by atoms with Gasteiger partial charge in [0.05, 0.1) is 0 Å². The summed E-state index contributed by atoms with van der Waals surface area (Å²) in [4.78, 5) is 0. The van der Waals surface area contributed by atoms with Crippen LogP contribution in [-0.2, 0) is 0 Å². The molecule has 0 radical (unpaired) electrons. The number of nitrogens with two attached hydrogens (primary N) is 1. The Bertz CT molecular complexity index is 297. The number of hydrogen-bond acceptors (Lipinski definition) is 2. The standard InChI is InChI=1S/C16H28N2/c1-3-5-6-10-13-16(18-17)15(4-2)14-11-8-7-9-12-14/h7-9,11-12,15-16,18H,3-6,10,13,17H2,1-2H3. The highest BCUT2D eigenvalue weighted by molar-refractivity contribution is 5.21. The Kier molecular flexibility index (Phi) is 7.70. The monoisotopic (exact) mass is 248 g/mol. The van der Waals surface area contributed by atoms with E-state index in [0.29, 0.717) is 12.0 Å². The second-order valence-electron chi connectivity index (χ2n) is 5.05. The molecule has 0 bridgehead atoms. The highest BCUT2D eigenvalue weighted by Gasteiger charge is 2.19. The molecule has 1 aromatic rings. The molecule has 0 saturated carbocycles. The second-order valence-corrected chi connectivity index (χ2v) is 5.05. The first kappa shape index (κ1) is 15.2. The number of hydrazine groups is 1. The van der Waals surface area contributed by atoms with Crippen molar-refractivity contribution in [2.45, 2.75) is 64.3 Å². The van der Waals surface area contributed by atoms with E-state index >= 15 is 0 Å². The number of unbranched alkanes of at least 4 members (excludes halogenated alkanes) is 3. The Morgan fingerprint density at radius 1 is 1.06 bits per heavy atom. The maximum absolute atomic E-state index is 5.75. The SMILES string of the molecule is CCCCCCC(NN)C(CC)c1ccccc1. The third-order valence-corrected chi connectivity index (χ3v) is 3.74. The average molecular weight is 248 g/mol. The van der Waals surface area contributed by atoms with Crippen molar-refractivity contribution in [3.8, 4) is 0 Å². The van der Waals surface area contributed by atoms with E-state index in [1.807, 2.05) is 0 Å². The van der Waals surface area contributed by atoms with Crippen LogP contribution in [0.5, 0.6) is 0 Å². The van der Waals surface area contributed by atoms with Gasteiger partial charge in [0.15, 0.2) is 0 Å². The first-order chi connectivity index (χ1) is 8.83. The topological polar surface area (TPSA) is 38.0 Å². The van der Waals surface area contributed by atoms with Crippen molar-refractivity contribution in [3.63, 3.8) is 0 Å². The molecular formula is C16H28N2. The predicted molar refractivity (Wildman–Crippen MR) is 79.3 cm³/mol. The molecule has 1 aromatic carbocycles. The summed E-state index contributed by atoms with van der Waals surface area (Å²) in [7, 11) is 0. The van der Waals surface area contributed by atoms with Crippen LogP contribution in [0.15, 0.2) is 30.3 Å². The summed E-state index contributed by atoms with van der Waals surface area (Å²) >= 11 is 0. The van der Waals surface area contributed by atoms with Crippen molar-refractivity contribution in [3.05, 3.63) is 35.9 Å². The highest BCUT2D eigenvalue weighted by atomic mass is 15.2. The summed E-state index contributed by atoms with van der Waals surface area (Å²) in [6, 6.07) is 11.1. The van der Waals surface area contributed by atoms with Gasteiger partial charge in [-0.3, -0.25) is 11.3 Å². The first-order valence-electron chi connectivity index (χ1n) is 7.34. The summed E-state index contributed by atoms with van der Waals surface area (Å²) in [5, 5.41) is 0. The smallest absolute Gasteiger partial charge is 0.0279 e. The summed E-state index contributed by atoms with van der Waals surface area (Å²) in [6.45, 7) is 4.49. The Morgan fingerprint density at radius 3 is 2.33 bits per heavy atom. The van der Waals surface area contributed by atoms with E-state index in [9.17, 15) is 0 Å². The number of benzene rings is 1. The lowest BCUT2D eigenvalue weighted by Gasteiger charge is -2.26. The van der Waals surface area contributed by atoms with Gasteiger partial charge in [0, 0.05) is 12.0 Å². The molecule has 0 saturated heterocycles. The van der Waals surface area contributed by atoms with Gasteiger partial charge < -0.3 is 0 Å². The average Bonchev–Trinajstić information content (AvgIpc) is 2.43. The van der Waals surface area contributed by atoms with Crippen molar-refractivity contribution in [1.29, 1.82) is 0 Å². The molecule has 102 valence electrons. The van der Waals surface area contributed by atoms with E-state index in [2.05, 4.69) is 49.6 Å². The molecule has 2 unspecified atom stereocenters. The molecule has 18 heavy (non-hydrogen) atoms. The lowest BCUT2D eigenvalue weighted by Crippen LogP contribution is -2.39. The maximum Gasteiger partial charge on any atom is 0.0279 e. The van der Waals surface area contributed by atoms with Gasteiger partial charge in [-0.05, 0) is 18.4 Å². The van der Waals surface area contributed by atoms with Crippen LogP contribution in [-0.4, -0.2) is 6.04 Å². The summed E-state index contributed by atoms with van der Waals surface area (Å²) in [5.41, 5.74) is 4.43. The van der Waals surface area contributed by atoms with Gasteiger partial charge in [-0.2, -0.15) is 0 Å². The molecule has 0 aliphatic carbocycles. The zero-order chi connectivity index (χ0) is 13.2. The van der Waals surface area contributed by atoms with Gasteiger partial charge in [-0.1, -0.05) is 69.9 Å². The third-order valence-electron chi connectivity index (χ3n) is 3.74. The van der Waals surface area contributed by atoms with E-state index in [0.717, 1.165) is 6.42 Å². The van der Waals surface area contributed by atoms with Crippen LogP contribution in [0.2, 0.25) is 0 Å². The Labute approximate surface area is 112 Å². The molecule has 0 aliphatic heterocycles. The minimum Gasteiger partial charge on any atom is -0.271 e. The van der Waals surface area contributed by atoms with Crippen LogP contribution >= 0.6 is 0 Å². The van der Waals surface area contributed by atoms with Crippen molar-refractivity contribution >= 4 is 0 Å². The predicted octanol–water partition coefficient (Wildman–Crippen LogP) is 3.98. The summed E-state index contributed by atoms with van der Waals surface area (Å²) < 4.78 is 0. The van der Waals surface area contributed by atoms with Crippen LogP contribution in [0.3, 0.4) is 0 Å². The molecule has 0 heterocycles. The lowest BCUT2D eigenvalue weighted by atomic mass is 9.86. The second kappa shape index (κ2) is 9.12. The van der Waals surface area contributed by atoms with Crippen LogP contribution in [0, 0.1) is 0 Å². The molecule has 1 rings (SSSR count). The fraction of sp³-hybridized carbons (Fsp3) is 0.625. The normalized spacial score (nSPS) is 14.4. The van der Waals surface area contributed by atoms with E-state index in [1.54, 1.807) is 0 Å². The van der Waals surface area contributed by atoms with Gasteiger partial charge in [-0.15, -0.1) is 0 Å². The molecule has 0 aromatic heterocycles. The molecule has 0 aliphatic rings. The van der Waals surface area contributed by atoms with E-state index < -0.39 is 0 Å². The van der Waals surface area contributed by atoms with Crippen molar-refractivity contribution in [2.75, 3.05) is 0 Å². The summed E-state index contributed by atoms with van der Waals surface area (Å²) in [5.74, 6) is 6.28. The summed E-state index contributed by atoms with van der Waals surface area (Å²) in [6.07, 6.45) is 7.51. The minimum absolute atomic E-state index is 0.397. The Hall–Kier alpha value is -0.860. The molecule has 2 nitrogen and oxygen atoms in total. The van der Waals surface area contributed by atoms with Gasteiger partial charge in [-0.25, -0.2) is 0 Å². The van der Waals surface area contributed by atoms with Crippen molar-refractivity contribution < 1.29 is 0 Å². The van der Waals surface area contributed by atoms with Crippen LogP contribution in [0.25, 0.3) is 0 Å². The van der Waals surface area contributed by atoms with Crippen LogP contribution in [0.1, 0.15) is 63.9 Å². The molecule has 0 amide bonds. The fourth-order valence-corrected chi connectivity index (χ4v) is 2.64. The number of rotatable bonds is 9. The Morgan fingerprint density at radius 2 is 1.78 bits per heavy atom. The van der Waals surface area contributed by atoms with Crippen LogP contribution < -0.4 is 11.3 Å². The molecular weight excluding hydrogens is 220 g/mol. The highest BCUT2D eigenvalue weighted by Crippen LogP contribution is 2.26. The van der Waals surface area contributed by atoms with Crippen molar-refractivity contribution in [1.82, 2.24) is 5.43 Å². The van der Waals surface area contributed by atoms with E-state index in [-0.39, 0.29) is 0 Å². The molecule has 2 heteroatoms. The fourth-order valence-electron chi connectivity index (χ4n) is 2.64. The molecule has 2 atom stereocenters. The third kappa shape index (κ3) is 4.79. The maximum atomic E-state index is 5.75. The molecule has 0 spiro atoms. The van der Waals surface area contributed by atoms with Crippen molar-refractivity contribution in [2.24, 2.45) is 5.84 Å². The zero-order valence-electron chi connectivity index (χ0n) is 11.9. The Balaban J connectivity index is 2.55. The zero-order valence-corrected chi connectivity index (χ0v) is 11.9. The molecule has 0 fully saturated rings. The van der Waals surface area contributed by atoms with Crippen LogP contribution in [0.4, 0.5) is 0 Å². The number of nitrogens with one attached hydrogen (secondary N) is 1. The van der Waals surface area contributed by atoms with Gasteiger partial charge in [0.2, 0.25) is 0 Å². The quantitative estimate of drug-likeness (QED) is 0.394. The molecule has 3 N–H and O–H groups in total. The van der Waals surface area contributed by atoms with E-state index in [1.165, 1.54) is 37.7 Å². The largest absolute Gasteiger partial charge is 0.271 e. The van der Waals surface area contributed by atoms with Gasteiger partial charge in [0.25, 0.3) is 0 Å². The van der Waals surface area contributed by atoms with Gasteiger partial charge in [0.1, 0.15) is 0 Å². The minimum atomic E-state index is 0.397. The number of hydrogen-bond donors (Lipinski definition) is 2.